The Kier molecular flexibility index (Phi) is 4.95. The van der Waals surface area contributed by atoms with Crippen LogP contribution in [0.4, 0.5) is 0 Å². The van der Waals surface area contributed by atoms with Crippen LogP contribution in [0.3, 0.4) is 0 Å². The van der Waals surface area contributed by atoms with Crippen LogP contribution in [0.15, 0.2) is 24.0 Å². The van der Waals surface area contributed by atoms with E-state index in [-0.39, 0.29) is 5.91 Å². The molecule has 3 nitrogen and oxygen atoms in total. The summed E-state index contributed by atoms with van der Waals surface area (Å²) in [6.45, 7) is 3.18. The first-order valence-electron chi connectivity index (χ1n) is 5.67. The minimum absolute atomic E-state index is 0.307. The van der Waals surface area contributed by atoms with Gasteiger partial charge in [-0.1, -0.05) is 32.3 Å². The summed E-state index contributed by atoms with van der Waals surface area (Å²) in [6.07, 6.45) is 11.5. The number of nitrogens with two attached hydrogens (primary N) is 1. The van der Waals surface area contributed by atoms with E-state index in [0.717, 1.165) is 6.54 Å². The second-order valence-electron chi connectivity index (χ2n) is 3.91. The van der Waals surface area contributed by atoms with E-state index in [1.807, 2.05) is 18.5 Å². The molecule has 15 heavy (non-hydrogen) atoms. The van der Waals surface area contributed by atoms with E-state index < -0.39 is 0 Å². The Bertz CT molecular complexity index is 269. The van der Waals surface area contributed by atoms with Crippen LogP contribution < -0.4 is 5.73 Å². The number of unbranched alkanes of at least 4 members (excludes halogenated alkanes) is 3. The first-order chi connectivity index (χ1) is 7.24. The summed E-state index contributed by atoms with van der Waals surface area (Å²) in [4.78, 5) is 13.0. The summed E-state index contributed by atoms with van der Waals surface area (Å²) in [6, 6.07) is 0. The minimum atomic E-state index is -0.307. The number of primary amides is 1. The molecule has 1 aliphatic rings. The van der Waals surface area contributed by atoms with E-state index in [4.69, 9.17) is 5.73 Å². The third-order valence-corrected chi connectivity index (χ3v) is 2.54. The van der Waals surface area contributed by atoms with Crippen LogP contribution in [0, 0.1) is 0 Å². The summed E-state index contributed by atoms with van der Waals surface area (Å²) >= 11 is 0. The van der Waals surface area contributed by atoms with Crippen molar-refractivity contribution in [2.75, 3.05) is 6.54 Å². The molecule has 0 spiro atoms. The van der Waals surface area contributed by atoms with Gasteiger partial charge >= 0.3 is 0 Å². The topological polar surface area (TPSA) is 46.3 Å². The zero-order valence-corrected chi connectivity index (χ0v) is 9.41. The van der Waals surface area contributed by atoms with E-state index in [1.54, 1.807) is 0 Å². The van der Waals surface area contributed by atoms with Gasteiger partial charge in [-0.05, 0) is 19.0 Å². The van der Waals surface area contributed by atoms with Crippen LogP contribution in [0.2, 0.25) is 0 Å². The van der Waals surface area contributed by atoms with Crippen molar-refractivity contribution in [3.8, 4) is 0 Å². The van der Waals surface area contributed by atoms with E-state index in [2.05, 4.69) is 11.8 Å². The molecule has 84 valence electrons. The summed E-state index contributed by atoms with van der Waals surface area (Å²) in [5.74, 6) is -0.307. The fourth-order valence-electron chi connectivity index (χ4n) is 1.64. The maximum atomic E-state index is 11.0. The average Bonchev–Trinajstić information content (AvgIpc) is 2.25. The largest absolute Gasteiger partial charge is 0.366 e. The third kappa shape index (κ3) is 4.19. The molecule has 1 heterocycles. The fourth-order valence-corrected chi connectivity index (χ4v) is 1.64. The van der Waals surface area contributed by atoms with Crippen molar-refractivity contribution in [1.82, 2.24) is 4.90 Å². The van der Waals surface area contributed by atoms with Crippen molar-refractivity contribution in [1.29, 1.82) is 0 Å². The molecule has 0 saturated carbocycles. The number of amides is 1. The Labute approximate surface area is 91.6 Å². The number of hydrogen-bond acceptors (Lipinski definition) is 2. The zero-order chi connectivity index (χ0) is 11.1. The van der Waals surface area contributed by atoms with E-state index in [9.17, 15) is 4.79 Å². The smallest absolute Gasteiger partial charge is 0.246 e. The lowest BCUT2D eigenvalue weighted by Crippen LogP contribution is -2.21. The molecule has 2 N–H and O–H groups in total. The van der Waals surface area contributed by atoms with Gasteiger partial charge in [-0.15, -0.1) is 0 Å². The molecule has 0 aromatic heterocycles. The highest BCUT2D eigenvalue weighted by Gasteiger charge is 2.08. The van der Waals surface area contributed by atoms with E-state index in [0.29, 0.717) is 12.0 Å². The molecule has 0 bridgehead atoms. The van der Waals surface area contributed by atoms with Crippen LogP contribution in [0.5, 0.6) is 0 Å². The lowest BCUT2D eigenvalue weighted by atomic mass is 10.1. The van der Waals surface area contributed by atoms with Crippen LogP contribution in [0.1, 0.15) is 39.0 Å². The Hall–Kier alpha value is -1.25. The van der Waals surface area contributed by atoms with Crippen LogP contribution in [-0.4, -0.2) is 17.4 Å². The fraction of sp³-hybridized carbons (Fsp3) is 0.583. The third-order valence-electron chi connectivity index (χ3n) is 2.54. The highest BCUT2D eigenvalue weighted by atomic mass is 16.1. The lowest BCUT2D eigenvalue weighted by molar-refractivity contribution is -0.114. The summed E-state index contributed by atoms with van der Waals surface area (Å²) in [7, 11) is 0. The standard InChI is InChI=1S/C12H20N2O/c1-2-3-4-5-8-14-9-6-7-11(10-14)12(13)15/h6,9-10H,2-5,7-8H2,1H3,(H2,13,15). The van der Waals surface area contributed by atoms with Gasteiger partial charge in [0.15, 0.2) is 0 Å². The molecule has 0 atom stereocenters. The van der Waals surface area contributed by atoms with Gasteiger partial charge in [0.25, 0.3) is 0 Å². The van der Waals surface area contributed by atoms with Gasteiger partial charge in [-0.3, -0.25) is 4.79 Å². The molecule has 0 aromatic carbocycles. The van der Waals surface area contributed by atoms with Gasteiger partial charge < -0.3 is 10.6 Å². The van der Waals surface area contributed by atoms with Crippen molar-refractivity contribution in [3.63, 3.8) is 0 Å². The minimum Gasteiger partial charge on any atom is -0.366 e. The highest BCUT2D eigenvalue weighted by Crippen LogP contribution is 2.12. The van der Waals surface area contributed by atoms with Gasteiger partial charge in [0.1, 0.15) is 0 Å². The normalized spacial score (nSPS) is 15.3. The first kappa shape index (κ1) is 11.8. The van der Waals surface area contributed by atoms with Crippen molar-refractivity contribution in [3.05, 3.63) is 24.0 Å². The maximum absolute atomic E-state index is 11.0. The Balaban J connectivity index is 2.32. The molecule has 3 heteroatoms. The Morgan fingerprint density at radius 3 is 2.93 bits per heavy atom. The quantitative estimate of drug-likeness (QED) is 0.680. The molecule has 1 rings (SSSR count). The van der Waals surface area contributed by atoms with Crippen molar-refractivity contribution < 1.29 is 4.79 Å². The molecule has 0 unspecified atom stereocenters. The van der Waals surface area contributed by atoms with Crippen molar-refractivity contribution in [2.24, 2.45) is 5.73 Å². The number of carbonyl (C=O) groups is 1. The Morgan fingerprint density at radius 2 is 2.27 bits per heavy atom. The summed E-state index contributed by atoms with van der Waals surface area (Å²) in [5.41, 5.74) is 5.94. The molecule has 0 aliphatic carbocycles. The Morgan fingerprint density at radius 1 is 1.47 bits per heavy atom. The number of rotatable bonds is 6. The number of nitrogens with zero attached hydrogens (tertiary/aromatic N) is 1. The van der Waals surface area contributed by atoms with Crippen molar-refractivity contribution >= 4 is 5.91 Å². The van der Waals surface area contributed by atoms with Crippen LogP contribution >= 0.6 is 0 Å². The molecule has 0 saturated heterocycles. The SMILES string of the molecule is CCCCCCN1C=CCC(C(N)=O)=C1. The van der Waals surface area contributed by atoms with Gasteiger partial charge in [0.05, 0.1) is 0 Å². The number of carbonyl (C=O) groups excluding carboxylic acids is 1. The number of hydrogen-bond donors (Lipinski definition) is 1. The molecular formula is C12H20N2O. The molecule has 1 amide bonds. The maximum Gasteiger partial charge on any atom is 0.246 e. The molecule has 0 aromatic rings. The predicted molar refractivity (Wildman–Crippen MR) is 61.9 cm³/mol. The van der Waals surface area contributed by atoms with Crippen LogP contribution in [0.25, 0.3) is 0 Å². The molecule has 0 fully saturated rings. The second-order valence-corrected chi connectivity index (χ2v) is 3.91. The predicted octanol–water partition coefficient (Wildman–Crippen LogP) is 2.16. The molecule has 1 aliphatic heterocycles. The van der Waals surface area contributed by atoms with Gasteiger partial charge in [-0.2, -0.15) is 0 Å². The number of allylic oxidation sites excluding steroid dienone is 1. The highest BCUT2D eigenvalue weighted by molar-refractivity contribution is 5.92. The zero-order valence-electron chi connectivity index (χ0n) is 9.41. The van der Waals surface area contributed by atoms with Gasteiger partial charge in [0, 0.05) is 18.3 Å². The van der Waals surface area contributed by atoms with E-state index >= 15 is 0 Å². The first-order valence-corrected chi connectivity index (χ1v) is 5.67. The molecule has 0 radical (unpaired) electrons. The van der Waals surface area contributed by atoms with Crippen molar-refractivity contribution in [2.45, 2.75) is 39.0 Å². The average molecular weight is 208 g/mol. The second kappa shape index (κ2) is 6.27. The summed E-state index contributed by atoms with van der Waals surface area (Å²) in [5, 5.41) is 0. The monoisotopic (exact) mass is 208 g/mol. The van der Waals surface area contributed by atoms with Crippen LogP contribution in [-0.2, 0) is 4.79 Å². The van der Waals surface area contributed by atoms with E-state index in [1.165, 1.54) is 25.7 Å². The molecular weight excluding hydrogens is 188 g/mol. The summed E-state index contributed by atoms with van der Waals surface area (Å²) < 4.78 is 0. The van der Waals surface area contributed by atoms with Gasteiger partial charge in [-0.25, -0.2) is 0 Å². The lowest BCUT2D eigenvalue weighted by Gasteiger charge is -2.20. The van der Waals surface area contributed by atoms with Gasteiger partial charge in [0.2, 0.25) is 5.91 Å².